The van der Waals surface area contributed by atoms with Crippen LogP contribution < -0.4 is 15.8 Å². The fourth-order valence-electron chi connectivity index (χ4n) is 1.84. The molecule has 0 aliphatic rings. The second kappa shape index (κ2) is 6.10. The lowest BCUT2D eigenvalue weighted by Gasteiger charge is -2.11. The Morgan fingerprint density at radius 2 is 2.14 bits per heavy atom. The summed E-state index contributed by atoms with van der Waals surface area (Å²) in [6.45, 7) is 3.23. The van der Waals surface area contributed by atoms with Gasteiger partial charge in [-0.1, -0.05) is 0 Å². The first-order valence-corrected chi connectivity index (χ1v) is 7.90. The molecule has 0 bridgehead atoms. The van der Waals surface area contributed by atoms with E-state index in [9.17, 15) is 8.42 Å². The second-order valence-electron chi connectivity index (χ2n) is 4.34. The van der Waals surface area contributed by atoms with Crippen molar-refractivity contribution in [2.75, 3.05) is 18.1 Å². The number of nitrogens with two attached hydrogens (primary N) is 1. The molecule has 9 heteroatoms. The summed E-state index contributed by atoms with van der Waals surface area (Å²) in [7, 11) is -2.13. The predicted octanol–water partition coefficient (Wildman–Crippen LogP) is 0.400. The van der Waals surface area contributed by atoms with Gasteiger partial charge >= 0.3 is 0 Å². The van der Waals surface area contributed by atoms with Crippen LogP contribution in [0.1, 0.15) is 12.7 Å². The first-order chi connectivity index (χ1) is 9.97. The third kappa shape index (κ3) is 3.31. The minimum atomic E-state index is -3.49. The van der Waals surface area contributed by atoms with Gasteiger partial charge in [0.05, 0.1) is 22.8 Å². The highest BCUT2D eigenvalue weighted by molar-refractivity contribution is 7.89. The summed E-state index contributed by atoms with van der Waals surface area (Å²) in [5, 5.41) is 11.0. The number of aryl methyl sites for hydroxylation is 1. The lowest BCUT2D eigenvalue weighted by atomic mass is 10.2. The monoisotopic (exact) mass is 310 g/mol. The molecule has 2 aromatic rings. The number of rotatable bonds is 6. The molecular formula is C12H18N6O2S. The van der Waals surface area contributed by atoms with Gasteiger partial charge in [0.25, 0.3) is 0 Å². The Balaban J connectivity index is 2.15. The van der Waals surface area contributed by atoms with Crippen molar-refractivity contribution in [2.24, 2.45) is 0 Å². The minimum Gasteiger partial charge on any atom is -0.397 e. The van der Waals surface area contributed by atoms with Crippen molar-refractivity contribution in [1.82, 2.24) is 19.5 Å². The molecule has 0 radical (unpaired) electrons. The van der Waals surface area contributed by atoms with Gasteiger partial charge in [-0.2, -0.15) is 0 Å². The number of hydrogen-bond acceptors (Lipinski definition) is 6. The van der Waals surface area contributed by atoms with Gasteiger partial charge < -0.3 is 15.6 Å². The molecule has 4 N–H and O–H groups in total. The van der Waals surface area contributed by atoms with Gasteiger partial charge in [0, 0.05) is 6.54 Å². The number of sulfonamides is 1. The molecule has 8 nitrogen and oxygen atoms in total. The van der Waals surface area contributed by atoms with Crippen molar-refractivity contribution >= 4 is 21.4 Å². The van der Waals surface area contributed by atoms with Crippen LogP contribution in [0.25, 0.3) is 0 Å². The van der Waals surface area contributed by atoms with Crippen molar-refractivity contribution in [3.05, 3.63) is 30.4 Å². The van der Waals surface area contributed by atoms with E-state index in [1.165, 1.54) is 19.2 Å². The van der Waals surface area contributed by atoms with E-state index < -0.39 is 10.0 Å². The average molecular weight is 310 g/mol. The van der Waals surface area contributed by atoms with Gasteiger partial charge in [0.1, 0.15) is 6.33 Å². The van der Waals surface area contributed by atoms with Crippen LogP contribution in [-0.4, -0.2) is 30.2 Å². The molecule has 21 heavy (non-hydrogen) atoms. The van der Waals surface area contributed by atoms with Crippen LogP contribution in [0.3, 0.4) is 0 Å². The molecule has 0 saturated heterocycles. The summed E-state index contributed by atoms with van der Waals surface area (Å²) in [5.74, 6) is 0.781. The van der Waals surface area contributed by atoms with E-state index in [0.29, 0.717) is 17.9 Å². The molecule has 0 spiro atoms. The summed E-state index contributed by atoms with van der Waals surface area (Å²) in [6, 6.07) is 4.54. The zero-order chi connectivity index (χ0) is 15.5. The molecule has 0 saturated carbocycles. The Labute approximate surface area is 123 Å². The number of anilines is 2. The third-order valence-electron chi connectivity index (χ3n) is 3.08. The van der Waals surface area contributed by atoms with E-state index in [1.54, 1.807) is 12.4 Å². The summed E-state index contributed by atoms with van der Waals surface area (Å²) >= 11 is 0. The molecule has 114 valence electrons. The summed E-state index contributed by atoms with van der Waals surface area (Å²) in [4.78, 5) is 0.129. The predicted molar refractivity (Wildman–Crippen MR) is 80.1 cm³/mol. The van der Waals surface area contributed by atoms with Gasteiger partial charge in [0.15, 0.2) is 5.82 Å². The molecule has 1 heterocycles. The Morgan fingerprint density at radius 3 is 2.76 bits per heavy atom. The fourth-order valence-corrected chi connectivity index (χ4v) is 2.61. The quantitative estimate of drug-likeness (QED) is 0.665. The zero-order valence-electron chi connectivity index (χ0n) is 11.9. The minimum absolute atomic E-state index is 0.129. The number of nitrogens with one attached hydrogen (secondary N) is 2. The highest BCUT2D eigenvalue weighted by Gasteiger charge is 2.13. The fraction of sp³-hybridized carbons (Fsp3) is 0.333. The smallest absolute Gasteiger partial charge is 0.240 e. The van der Waals surface area contributed by atoms with Gasteiger partial charge in [0.2, 0.25) is 10.0 Å². The molecule has 1 aromatic heterocycles. The van der Waals surface area contributed by atoms with Crippen molar-refractivity contribution in [3.63, 3.8) is 0 Å². The normalized spacial score (nSPS) is 11.5. The van der Waals surface area contributed by atoms with Crippen molar-refractivity contribution < 1.29 is 8.42 Å². The third-order valence-corrected chi connectivity index (χ3v) is 4.49. The van der Waals surface area contributed by atoms with E-state index in [0.717, 1.165) is 12.4 Å². The van der Waals surface area contributed by atoms with E-state index >= 15 is 0 Å². The Morgan fingerprint density at radius 1 is 1.38 bits per heavy atom. The van der Waals surface area contributed by atoms with E-state index in [1.807, 2.05) is 11.5 Å². The van der Waals surface area contributed by atoms with Gasteiger partial charge in [-0.3, -0.25) is 0 Å². The molecular weight excluding hydrogens is 292 g/mol. The number of nitrogen functional groups attached to an aromatic ring is 1. The maximum absolute atomic E-state index is 11.7. The topological polar surface area (TPSA) is 115 Å². The van der Waals surface area contributed by atoms with Crippen molar-refractivity contribution in [1.29, 1.82) is 0 Å². The standard InChI is InChI=1S/C12H18N6O2S/c1-3-18-8-16-17-12(18)7-15-11-5-4-9(6-10(11)13)21(19,20)14-2/h4-6,8,14-15H,3,7,13H2,1-2H3. The van der Waals surface area contributed by atoms with Crippen LogP contribution in [-0.2, 0) is 23.1 Å². The highest BCUT2D eigenvalue weighted by atomic mass is 32.2. The number of aromatic nitrogens is 3. The van der Waals surface area contributed by atoms with E-state index in [-0.39, 0.29) is 4.90 Å². The van der Waals surface area contributed by atoms with Crippen LogP contribution in [0.5, 0.6) is 0 Å². The van der Waals surface area contributed by atoms with Crippen LogP contribution in [0.15, 0.2) is 29.4 Å². The van der Waals surface area contributed by atoms with E-state index in [2.05, 4.69) is 20.2 Å². The van der Waals surface area contributed by atoms with Crippen molar-refractivity contribution in [2.45, 2.75) is 24.9 Å². The zero-order valence-corrected chi connectivity index (χ0v) is 12.7. The average Bonchev–Trinajstić information content (AvgIpc) is 2.93. The van der Waals surface area contributed by atoms with Gasteiger partial charge in [-0.05, 0) is 32.2 Å². The summed E-state index contributed by atoms with van der Waals surface area (Å²) in [6.07, 6.45) is 1.66. The van der Waals surface area contributed by atoms with Crippen molar-refractivity contribution in [3.8, 4) is 0 Å². The lowest BCUT2D eigenvalue weighted by molar-refractivity contribution is 0.588. The second-order valence-corrected chi connectivity index (χ2v) is 6.23. The molecule has 0 unspecified atom stereocenters. The van der Waals surface area contributed by atoms with E-state index in [4.69, 9.17) is 5.73 Å². The number of nitrogens with zero attached hydrogens (tertiary/aromatic N) is 3. The molecule has 0 atom stereocenters. The molecule has 0 aliphatic carbocycles. The van der Waals surface area contributed by atoms with Crippen LogP contribution in [0.4, 0.5) is 11.4 Å². The maximum atomic E-state index is 11.7. The first-order valence-electron chi connectivity index (χ1n) is 6.41. The molecule has 0 amide bonds. The SMILES string of the molecule is CCn1cnnc1CNc1ccc(S(=O)(=O)NC)cc1N. The Kier molecular flexibility index (Phi) is 4.43. The molecule has 0 fully saturated rings. The summed E-state index contributed by atoms with van der Waals surface area (Å²) < 4.78 is 27.5. The highest BCUT2D eigenvalue weighted by Crippen LogP contribution is 2.22. The maximum Gasteiger partial charge on any atom is 0.240 e. The lowest BCUT2D eigenvalue weighted by Crippen LogP contribution is -2.19. The number of hydrogen-bond donors (Lipinski definition) is 3. The van der Waals surface area contributed by atoms with Crippen LogP contribution in [0.2, 0.25) is 0 Å². The Hall–Kier alpha value is -2.13. The number of benzene rings is 1. The van der Waals surface area contributed by atoms with Crippen LogP contribution >= 0.6 is 0 Å². The van der Waals surface area contributed by atoms with Gasteiger partial charge in [-0.15, -0.1) is 10.2 Å². The largest absolute Gasteiger partial charge is 0.397 e. The van der Waals surface area contributed by atoms with Gasteiger partial charge in [-0.25, -0.2) is 13.1 Å². The molecule has 0 aliphatic heterocycles. The molecule has 2 rings (SSSR count). The van der Waals surface area contributed by atoms with Crippen LogP contribution in [0, 0.1) is 0 Å². The Bertz CT molecular complexity index is 725. The summed E-state index contributed by atoms with van der Waals surface area (Å²) in [5.41, 5.74) is 6.89. The molecule has 1 aromatic carbocycles. The first kappa shape index (κ1) is 15.3.